The van der Waals surface area contributed by atoms with E-state index in [4.69, 9.17) is 4.52 Å². The Balaban J connectivity index is 1.86. The van der Waals surface area contributed by atoms with Crippen molar-refractivity contribution in [1.29, 1.82) is 0 Å². The maximum Gasteiger partial charge on any atom is 0.133 e. The second-order valence-corrected chi connectivity index (χ2v) is 3.94. The van der Waals surface area contributed by atoms with Crippen molar-refractivity contribution in [2.75, 3.05) is 13.1 Å². The molecule has 14 heavy (non-hydrogen) atoms. The van der Waals surface area contributed by atoms with Gasteiger partial charge >= 0.3 is 0 Å². The van der Waals surface area contributed by atoms with E-state index in [0.29, 0.717) is 0 Å². The highest BCUT2D eigenvalue weighted by Crippen LogP contribution is 2.13. The largest absolute Gasteiger partial charge is 0.393 e. The lowest BCUT2D eigenvalue weighted by molar-refractivity contribution is 0.0782. The Kier molecular flexibility index (Phi) is 2.84. The molecule has 1 aliphatic heterocycles. The number of rotatable bonds is 2. The first-order valence-corrected chi connectivity index (χ1v) is 5.06. The van der Waals surface area contributed by atoms with E-state index in [2.05, 4.69) is 10.1 Å². The zero-order valence-corrected chi connectivity index (χ0v) is 8.44. The molecular formula is C10H16N2O2. The molecule has 0 atom stereocenters. The van der Waals surface area contributed by atoms with E-state index in [1.807, 2.05) is 13.0 Å². The Hall–Kier alpha value is -0.870. The topological polar surface area (TPSA) is 49.5 Å². The van der Waals surface area contributed by atoms with Gasteiger partial charge in [0.25, 0.3) is 0 Å². The highest BCUT2D eigenvalue weighted by atomic mass is 16.5. The molecule has 78 valence electrons. The summed E-state index contributed by atoms with van der Waals surface area (Å²) in [6.45, 7) is 4.64. The number of aryl methyl sites for hydroxylation is 1. The van der Waals surface area contributed by atoms with Crippen molar-refractivity contribution < 1.29 is 9.63 Å². The van der Waals surface area contributed by atoms with Gasteiger partial charge in [0.15, 0.2) is 0 Å². The molecule has 4 heteroatoms. The molecular weight excluding hydrogens is 180 g/mol. The van der Waals surface area contributed by atoms with Gasteiger partial charge in [-0.15, -0.1) is 0 Å². The summed E-state index contributed by atoms with van der Waals surface area (Å²) < 4.78 is 5.00. The normalized spacial score (nSPS) is 20.1. The van der Waals surface area contributed by atoms with Crippen LogP contribution in [0.25, 0.3) is 0 Å². The molecule has 1 aromatic rings. The van der Waals surface area contributed by atoms with Crippen LogP contribution < -0.4 is 0 Å². The molecule has 1 aliphatic rings. The van der Waals surface area contributed by atoms with Crippen LogP contribution >= 0.6 is 0 Å². The summed E-state index contributed by atoms with van der Waals surface area (Å²) in [5.41, 5.74) is 0.985. The van der Waals surface area contributed by atoms with E-state index >= 15 is 0 Å². The van der Waals surface area contributed by atoms with E-state index in [1.165, 1.54) is 0 Å². The maximum atomic E-state index is 9.34. The minimum Gasteiger partial charge on any atom is -0.393 e. The first-order valence-electron chi connectivity index (χ1n) is 5.06. The Morgan fingerprint density at radius 2 is 2.29 bits per heavy atom. The standard InChI is InChI=1S/C10H16N2O2/c1-8-6-9(11-14-8)7-12-4-2-10(13)3-5-12/h6,10,13H,2-5,7H2,1H3. The van der Waals surface area contributed by atoms with E-state index in [-0.39, 0.29) is 6.10 Å². The van der Waals surface area contributed by atoms with Crippen LogP contribution in [0.15, 0.2) is 10.6 Å². The fraction of sp³-hybridized carbons (Fsp3) is 0.700. The highest BCUT2D eigenvalue weighted by molar-refractivity contribution is 5.03. The van der Waals surface area contributed by atoms with Crippen LogP contribution in [0, 0.1) is 6.92 Å². The lowest BCUT2D eigenvalue weighted by atomic mass is 10.1. The minimum absolute atomic E-state index is 0.106. The van der Waals surface area contributed by atoms with Crippen LogP contribution in [0.2, 0.25) is 0 Å². The Labute approximate surface area is 83.5 Å². The van der Waals surface area contributed by atoms with Crippen molar-refractivity contribution in [3.63, 3.8) is 0 Å². The first-order chi connectivity index (χ1) is 6.74. The zero-order valence-electron chi connectivity index (χ0n) is 8.44. The fourth-order valence-corrected chi connectivity index (χ4v) is 1.80. The minimum atomic E-state index is -0.106. The average Bonchev–Trinajstić information content (AvgIpc) is 2.56. The summed E-state index contributed by atoms with van der Waals surface area (Å²) in [4.78, 5) is 2.30. The molecule has 0 aromatic carbocycles. The molecule has 0 unspecified atom stereocenters. The summed E-state index contributed by atoms with van der Waals surface area (Å²) in [5.74, 6) is 0.858. The van der Waals surface area contributed by atoms with Gasteiger partial charge < -0.3 is 9.63 Å². The smallest absolute Gasteiger partial charge is 0.133 e. The monoisotopic (exact) mass is 196 g/mol. The van der Waals surface area contributed by atoms with Crippen molar-refractivity contribution >= 4 is 0 Å². The van der Waals surface area contributed by atoms with Crippen LogP contribution in [0.1, 0.15) is 24.3 Å². The third-order valence-corrected chi connectivity index (χ3v) is 2.62. The summed E-state index contributed by atoms with van der Waals surface area (Å²) >= 11 is 0. The van der Waals surface area contributed by atoms with Gasteiger partial charge in [0.2, 0.25) is 0 Å². The SMILES string of the molecule is Cc1cc(CN2CCC(O)CC2)no1. The average molecular weight is 196 g/mol. The molecule has 2 rings (SSSR count). The number of aromatic nitrogens is 1. The van der Waals surface area contributed by atoms with E-state index in [1.54, 1.807) is 0 Å². The van der Waals surface area contributed by atoms with E-state index in [9.17, 15) is 5.11 Å². The molecule has 1 saturated heterocycles. The number of likely N-dealkylation sites (tertiary alicyclic amines) is 1. The molecule has 1 N–H and O–H groups in total. The summed E-state index contributed by atoms with van der Waals surface area (Å²) in [5, 5.41) is 13.3. The van der Waals surface area contributed by atoms with E-state index < -0.39 is 0 Å². The van der Waals surface area contributed by atoms with Gasteiger partial charge in [-0.1, -0.05) is 5.16 Å². The Morgan fingerprint density at radius 3 is 2.86 bits per heavy atom. The van der Waals surface area contributed by atoms with Gasteiger partial charge in [-0.05, 0) is 19.8 Å². The molecule has 0 radical (unpaired) electrons. The van der Waals surface area contributed by atoms with Crippen molar-refractivity contribution in [2.24, 2.45) is 0 Å². The predicted octanol–water partition coefficient (Wildman–Crippen LogP) is 0.940. The van der Waals surface area contributed by atoms with Gasteiger partial charge in [0.1, 0.15) is 5.76 Å². The van der Waals surface area contributed by atoms with Gasteiger partial charge in [-0.25, -0.2) is 0 Å². The van der Waals surface area contributed by atoms with Crippen LogP contribution in [-0.2, 0) is 6.54 Å². The number of piperidine rings is 1. The lowest BCUT2D eigenvalue weighted by Crippen LogP contribution is -2.35. The summed E-state index contributed by atoms with van der Waals surface area (Å²) in [6, 6.07) is 1.96. The molecule has 2 heterocycles. The van der Waals surface area contributed by atoms with Gasteiger partial charge in [0, 0.05) is 25.7 Å². The van der Waals surface area contributed by atoms with Crippen LogP contribution in [0.4, 0.5) is 0 Å². The van der Waals surface area contributed by atoms with Crippen molar-refractivity contribution in [3.8, 4) is 0 Å². The van der Waals surface area contributed by atoms with Gasteiger partial charge in [-0.3, -0.25) is 4.90 Å². The number of hydrogen-bond acceptors (Lipinski definition) is 4. The second-order valence-electron chi connectivity index (χ2n) is 3.94. The Morgan fingerprint density at radius 1 is 1.57 bits per heavy atom. The quantitative estimate of drug-likeness (QED) is 0.764. The number of aliphatic hydroxyl groups is 1. The van der Waals surface area contributed by atoms with E-state index in [0.717, 1.165) is 43.9 Å². The molecule has 0 bridgehead atoms. The Bertz CT molecular complexity index is 290. The summed E-state index contributed by atoms with van der Waals surface area (Å²) in [6.07, 6.45) is 1.64. The number of aliphatic hydroxyl groups excluding tert-OH is 1. The van der Waals surface area contributed by atoms with Crippen molar-refractivity contribution in [2.45, 2.75) is 32.4 Å². The zero-order chi connectivity index (χ0) is 9.97. The molecule has 1 aromatic heterocycles. The summed E-state index contributed by atoms with van der Waals surface area (Å²) in [7, 11) is 0. The van der Waals surface area contributed by atoms with Crippen LogP contribution in [0.5, 0.6) is 0 Å². The number of hydrogen-bond donors (Lipinski definition) is 1. The van der Waals surface area contributed by atoms with Crippen LogP contribution in [0.3, 0.4) is 0 Å². The molecule has 0 saturated carbocycles. The number of nitrogens with zero attached hydrogens (tertiary/aromatic N) is 2. The lowest BCUT2D eigenvalue weighted by Gasteiger charge is -2.28. The fourth-order valence-electron chi connectivity index (χ4n) is 1.80. The van der Waals surface area contributed by atoms with Crippen molar-refractivity contribution in [3.05, 3.63) is 17.5 Å². The third kappa shape index (κ3) is 2.33. The van der Waals surface area contributed by atoms with Crippen molar-refractivity contribution in [1.82, 2.24) is 10.1 Å². The molecule has 0 aliphatic carbocycles. The first kappa shape index (κ1) is 9.68. The molecule has 1 fully saturated rings. The van der Waals surface area contributed by atoms with Gasteiger partial charge in [-0.2, -0.15) is 0 Å². The third-order valence-electron chi connectivity index (χ3n) is 2.62. The highest BCUT2D eigenvalue weighted by Gasteiger charge is 2.17. The predicted molar refractivity (Wildman–Crippen MR) is 51.8 cm³/mol. The molecule has 0 spiro atoms. The second kappa shape index (κ2) is 4.11. The van der Waals surface area contributed by atoms with Gasteiger partial charge in [0.05, 0.1) is 11.8 Å². The molecule has 4 nitrogen and oxygen atoms in total. The molecule has 0 amide bonds. The maximum absolute atomic E-state index is 9.34. The van der Waals surface area contributed by atoms with Crippen LogP contribution in [-0.4, -0.2) is 34.4 Å².